The summed E-state index contributed by atoms with van der Waals surface area (Å²) < 4.78 is 40.7. The number of esters is 1. The van der Waals surface area contributed by atoms with Crippen molar-refractivity contribution < 1.29 is 27.5 Å². The number of carbonyl (C=O) groups is 2. The maximum absolute atomic E-state index is 12.1. The monoisotopic (exact) mass is 319 g/mol. The van der Waals surface area contributed by atoms with Gasteiger partial charge in [0.2, 0.25) is 5.91 Å². The highest BCUT2D eigenvalue weighted by molar-refractivity contribution is 8.00. The van der Waals surface area contributed by atoms with Gasteiger partial charge in [0, 0.05) is 11.0 Å². The van der Waals surface area contributed by atoms with Crippen LogP contribution in [0.3, 0.4) is 0 Å². The fourth-order valence-electron chi connectivity index (χ4n) is 1.24. The predicted octanol–water partition coefficient (Wildman–Crippen LogP) is 2.60. The molecule has 0 saturated carbocycles. The van der Waals surface area contributed by atoms with Gasteiger partial charge in [-0.1, -0.05) is 12.1 Å². The van der Waals surface area contributed by atoms with E-state index >= 15 is 0 Å². The summed E-state index contributed by atoms with van der Waals surface area (Å²) in [5.41, 5.74) is -3.76. The van der Waals surface area contributed by atoms with E-state index in [0.717, 1.165) is 0 Å². The van der Waals surface area contributed by atoms with Crippen molar-refractivity contribution in [3.8, 4) is 0 Å². The molecule has 1 rings (SSSR count). The van der Waals surface area contributed by atoms with Crippen molar-refractivity contribution in [2.45, 2.75) is 10.4 Å². The first-order valence-corrected chi connectivity index (χ1v) is 6.50. The van der Waals surface area contributed by atoms with Gasteiger partial charge in [0.05, 0.1) is 7.11 Å². The predicted molar refractivity (Wildman–Crippen MR) is 72.4 cm³/mol. The molecule has 8 heteroatoms. The Morgan fingerprint density at radius 3 is 2.43 bits per heavy atom. The average molecular weight is 319 g/mol. The molecule has 4 nitrogen and oxygen atoms in total. The van der Waals surface area contributed by atoms with Crippen molar-refractivity contribution in [1.29, 1.82) is 0 Å². The molecular weight excluding hydrogens is 307 g/mol. The maximum atomic E-state index is 12.1. The minimum absolute atomic E-state index is 0.0646. The van der Waals surface area contributed by atoms with E-state index in [1.54, 1.807) is 0 Å². The van der Waals surface area contributed by atoms with E-state index in [-0.39, 0.29) is 23.2 Å². The highest BCUT2D eigenvalue weighted by Crippen LogP contribution is 2.36. The molecule has 21 heavy (non-hydrogen) atoms. The summed E-state index contributed by atoms with van der Waals surface area (Å²) in [7, 11) is 1.20. The third-order valence-corrected chi connectivity index (χ3v) is 2.91. The van der Waals surface area contributed by atoms with Gasteiger partial charge in [0.1, 0.15) is 6.54 Å². The van der Waals surface area contributed by atoms with Gasteiger partial charge < -0.3 is 10.1 Å². The molecule has 0 unspecified atom stereocenters. The Hall–Kier alpha value is -1.96. The van der Waals surface area contributed by atoms with Gasteiger partial charge in [-0.05, 0) is 35.5 Å². The number of alkyl halides is 3. The number of nitrogens with one attached hydrogen (secondary N) is 1. The Balaban J connectivity index is 2.53. The van der Waals surface area contributed by atoms with Gasteiger partial charge >= 0.3 is 11.5 Å². The second-order valence-electron chi connectivity index (χ2n) is 3.74. The third-order valence-electron chi connectivity index (χ3n) is 2.18. The highest BCUT2D eigenvalue weighted by Gasteiger charge is 2.28. The van der Waals surface area contributed by atoms with Crippen LogP contribution in [0.5, 0.6) is 0 Å². The maximum Gasteiger partial charge on any atom is 0.446 e. The smallest absolute Gasteiger partial charge is 0.446 e. The Kier molecular flexibility index (Phi) is 6.29. The molecule has 0 fully saturated rings. The molecule has 0 heterocycles. The molecule has 0 bridgehead atoms. The first-order valence-electron chi connectivity index (χ1n) is 5.68. The van der Waals surface area contributed by atoms with Gasteiger partial charge in [-0.25, -0.2) is 0 Å². The van der Waals surface area contributed by atoms with Crippen molar-refractivity contribution in [3.05, 3.63) is 35.9 Å². The molecule has 0 aliphatic heterocycles. The van der Waals surface area contributed by atoms with Gasteiger partial charge in [-0.3, -0.25) is 9.59 Å². The van der Waals surface area contributed by atoms with Gasteiger partial charge in [0.25, 0.3) is 0 Å². The first kappa shape index (κ1) is 17.1. The van der Waals surface area contributed by atoms with Crippen LogP contribution >= 0.6 is 11.8 Å². The van der Waals surface area contributed by atoms with E-state index in [9.17, 15) is 22.8 Å². The summed E-state index contributed by atoms with van der Waals surface area (Å²) in [6.45, 7) is -0.249. The van der Waals surface area contributed by atoms with E-state index in [0.29, 0.717) is 5.56 Å². The lowest BCUT2D eigenvalue weighted by molar-refractivity contribution is -0.140. The minimum atomic E-state index is -4.33. The van der Waals surface area contributed by atoms with Gasteiger partial charge in [-0.15, -0.1) is 0 Å². The van der Waals surface area contributed by atoms with Crippen molar-refractivity contribution in [2.75, 3.05) is 13.7 Å². The topological polar surface area (TPSA) is 55.4 Å². The quantitative estimate of drug-likeness (QED) is 0.515. The molecule has 1 amide bonds. The number of ether oxygens (including phenoxy) is 1. The van der Waals surface area contributed by atoms with E-state index in [1.165, 1.54) is 43.5 Å². The lowest BCUT2D eigenvalue weighted by Crippen LogP contribution is -2.28. The molecule has 0 saturated heterocycles. The summed E-state index contributed by atoms with van der Waals surface area (Å²) >= 11 is -0.207. The number of thioether (sulfide) groups is 1. The molecule has 1 aromatic rings. The van der Waals surface area contributed by atoms with Gasteiger partial charge in [0.15, 0.2) is 0 Å². The number of hydrogen-bond acceptors (Lipinski definition) is 4. The van der Waals surface area contributed by atoms with Crippen molar-refractivity contribution in [3.63, 3.8) is 0 Å². The molecule has 114 valence electrons. The summed E-state index contributed by atoms with van der Waals surface area (Å²) in [4.78, 5) is 22.2. The van der Waals surface area contributed by atoms with Crippen LogP contribution in [0.15, 0.2) is 35.2 Å². The molecule has 0 radical (unpaired) electrons. The number of rotatable bonds is 5. The normalized spacial score (nSPS) is 11.4. The van der Waals surface area contributed by atoms with Crippen molar-refractivity contribution in [2.24, 2.45) is 0 Å². The van der Waals surface area contributed by atoms with Crippen LogP contribution in [0.1, 0.15) is 5.56 Å². The molecule has 0 spiro atoms. The van der Waals surface area contributed by atoms with Crippen LogP contribution in [0.4, 0.5) is 13.2 Å². The Bertz CT molecular complexity index is 526. The summed E-state index contributed by atoms with van der Waals surface area (Å²) in [6.07, 6.45) is 2.60. The Morgan fingerprint density at radius 1 is 1.29 bits per heavy atom. The van der Waals surface area contributed by atoms with Crippen molar-refractivity contribution in [1.82, 2.24) is 5.32 Å². The second kappa shape index (κ2) is 7.72. The number of amides is 1. The van der Waals surface area contributed by atoms with E-state index in [2.05, 4.69) is 10.1 Å². The lowest BCUT2D eigenvalue weighted by Gasteiger charge is -2.05. The van der Waals surface area contributed by atoms with Crippen LogP contribution < -0.4 is 5.32 Å². The van der Waals surface area contributed by atoms with Crippen molar-refractivity contribution >= 4 is 29.7 Å². The Morgan fingerprint density at radius 2 is 1.90 bits per heavy atom. The van der Waals surface area contributed by atoms with E-state index < -0.39 is 17.4 Å². The summed E-state index contributed by atoms with van der Waals surface area (Å²) in [5.74, 6) is -1.08. The van der Waals surface area contributed by atoms with Crippen LogP contribution in [0.2, 0.25) is 0 Å². The van der Waals surface area contributed by atoms with E-state index in [4.69, 9.17) is 0 Å². The minimum Gasteiger partial charge on any atom is -0.468 e. The van der Waals surface area contributed by atoms with Crippen LogP contribution in [-0.2, 0) is 14.3 Å². The molecule has 0 aliphatic rings. The fraction of sp³-hybridized carbons (Fsp3) is 0.231. The molecular formula is C13H12F3NO3S. The average Bonchev–Trinajstić information content (AvgIpc) is 2.42. The zero-order chi connectivity index (χ0) is 15.9. The zero-order valence-electron chi connectivity index (χ0n) is 10.9. The summed E-state index contributed by atoms with van der Waals surface area (Å²) in [6, 6.07) is 5.53. The molecule has 0 aliphatic carbocycles. The number of carbonyl (C=O) groups excluding carboxylic acids is 2. The molecule has 0 atom stereocenters. The molecule has 1 N–H and O–H groups in total. The van der Waals surface area contributed by atoms with Crippen LogP contribution in [-0.4, -0.2) is 31.0 Å². The van der Waals surface area contributed by atoms with Crippen LogP contribution in [0.25, 0.3) is 6.08 Å². The van der Waals surface area contributed by atoms with Gasteiger partial charge in [-0.2, -0.15) is 13.2 Å². The Labute approximate surface area is 123 Å². The number of hydrogen-bond donors (Lipinski definition) is 1. The lowest BCUT2D eigenvalue weighted by atomic mass is 10.2. The first-order chi connectivity index (χ1) is 9.80. The second-order valence-corrected chi connectivity index (χ2v) is 4.88. The number of methoxy groups -OCH3 is 1. The number of halogens is 3. The standard InChI is InChI=1S/C13H12F3NO3S/c1-20-12(19)8-17-11(18)7-4-9-2-5-10(6-3-9)21-13(14,15)16/h2-7H,8H2,1H3,(H,17,18). The molecule has 0 aromatic heterocycles. The third kappa shape index (κ3) is 7.40. The largest absolute Gasteiger partial charge is 0.468 e. The van der Waals surface area contributed by atoms with Crippen LogP contribution in [0, 0.1) is 0 Å². The highest BCUT2D eigenvalue weighted by atomic mass is 32.2. The molecule has 1 aromatic carbocycles. The van der Waals surface area contributed by atoms with E-state index in [1.807, 2.05) is 0 Å². The SMILES string of the molecule is COC(=O)CNC(=O)C=Cc1ccc(SC(F)(F)F)cc1. The number of benzene rings is 1. The summed E-state index contributed by atoms with van der Waals surface area (Å²) in [5, 5.41) is 2.29. The fourth-order valence-corrected chi connectivity index (χ4v) is 1.78. The zero-order valence-corrected chi connectivity index (χ0v) is 11.8.